The number of nitrogens with one attached hydrogen (secondary N) is 2. The van der Waals surface area contributed by atoms with Crippen molar-refractivity contribution in [1.82, 2.24) is 9.97 Å². The van der Waals surface area contributed by atoms with Gasteiger partial charge < -0.3 is 20.6 Å². The van der Waals surface area contributed by atoms with Gasteiger partial charge in [-0.05, 0) is 6.92 Å². The fraction of sp³-hybridized carbons (Fsp3) is 0.556. The SMILES string of the molecule is Cc1cnc(NN)nc1NC(CO)(CO)CO. The van der Waals surface area contributed by atoms with Crippen molar-refractivity contribution in [3.63, 3.8) is 0 Å². The number of nitrogens with zero attached hydrogens (tertiary/aromatic N) is 2. The summed E-state index contributed by atoms with van der Waals surface area (Å²) in [4.78, 5) is 7.92. The van der Waals surface area contributed by atoms with Gasteiger partial charge in [0, 0.05) is 11.8 Å². The summed E-state index contributed by atoms with van der Waals surface area (Å²) in [6.07, 6.45) is 1.53. The summed E-state index contributed by atoms with van der Waals surface area (Å²) in [6.45, 7) is 0.442. The third kappa shape index (κ3) is 3.01. The molecule has 17 heavy (non-hydrogen) atoms. The van der Waals surface area contributed by atoms with E-state index in [1.54, 1.807) is 6.92 Å². The minimum Gasteiger partial charge on any atom is -0.394 e. The normalized spacial score (nSPS) is 11.4. The summed E-state index contributed by atoms with van der Waals surface area (Å²) < 4.78 is 0. The first kappa shape index (κ1) is 13.6. The maximum Gasteiger partial charge on any atom is 0.239 e. The zero-order chi connectivity index (χ0) is 12.9. The average molecular weight is 243 g/mol. The molecule has 0 spiro atoms. The summed E-state index contributed by atoms with van der Waals surface area (Å²) in [5, 5.41) is 30.4. The topological polar surface area (TPSA) is 137 Å². The molecule has 0 saturated carbocycles. The third-order valence-corrected chi connectivity index (χ3v) is 2.39. The van der Waals surface area contributed by atoms with Crippen LogP contribution in [0.3, 0.4) is 0 Å². The van der Waals surface area contributed by atoms with Crippen molar-refractivity contribution in [3.8, 4) is 0 Å². The highest BCUT2D eigenvalue weighted by molar-refractivity contribution is 5.48. The zero-order valence-corrected chi connectivity index (χ0v) is 9.51. The van der Waals surface area contributed by atoms with E-state index >= 15 is 0 Å². The Balaban J connectivity index is 2.99. The summed E-state index contributed by atoms with van der Waals surface area (Å²) >= 11 is 0. The second kappa shape index (κ2) is 5.73. The number of hydrogen-bond donors (Lipinski definition) is 6. The number of aliphatic hydroxyl groups excluding tert-OH is 3. The van der Waals surface area contributed by atoms with E-state index in [0.717, 1.165) is 0 Å². The van der Waals surface area contributed by atoms with E-state index < -0.39 is 25.4 Å². The maximum absolute atomic E-state index is 9.19. The van der Waals surface area contributed by atoms with Gasteiger partial charge in [-0.3, -0.25) is 5.43 Å². The molecule has 0 radical (unpaired) electrons. The average Bonchev–Trinajstić information content (AvgIpc) is 2.38. The molecular formula is C9H17N5O3. The van der Waals surface area contributed by atoms with Gasteiger partial charge in [-0.2, -0.15) is 4.98 Å². The molecule has 0 atom stereocenters. The molecule has 8 heteroatoms. The van der Waals surface area contributed by atoms with Crippen molar-refractivity contribution in [1.29, 1.82) is 0 Å². The van der Waals surface area contributed by atoms with Gasteiger partial charge in [0.15, 0.2) is 0 Å². The number of anilines is 2. The lowest BCUT2D eigenvalue weighted by atomic mass is 10.0. The number of hydrogen-bond acceptors (Lipinski definition) is 8. The molecule has 8 nitrogen and oxygen atoms in total. The van der Waals surface area contributed by atoms with E-state index in [2.05, 4.69) is 20.7 Å². The summed E-state index contributed by atoms with van der Waals surface area (Å²) in [5.74, 6) is 5.75. The number of nitrogen functional groups attached to an aromatic ring is 1. The lowest BCUT2D eigenvalue weighted by Gasteiger charge is -2.29. The minimum atomic E-state index is -1.23. The van der Waals surface area contributed by atoms with E-state index in [-0.39, 0.29) is 5.95 Å². The first-order valence-electron chi connectivity index (χ1n) is 5.02. The predicted octanol–water partition coefficient (Wildman–Crippen LogP) is -1.80. The van der Waals surface area contributed by atoms with Gasteiger partial charge in [0.25, 0.3) is 0 Å². The van der Waals surface area contributed by atoms with Crippen LogP contribution in [0.5, 0.6) is 0 Å². The van der Waals surface area contributed by atoms with Crippen LogP contribution in [0, 0.1) is 6.92 Å². The smallest absolute Gasteiger partial charge is 0.239 e. The van der Waals surface area contributed by atoms with Crippen molar-refractivity contribution in [2.75, 3.05) is 30.6 Å². The standard InChI is InChI=1S/C9H17N5O3/c1-6-2-11-8(14-10)12-7(6)13-9(3-15,4-16)5-17/h2,15-17H,3-5,10H2,1H3,(H2,11,12,13,14). The van der Waals surface area contributed by atoms with Crippen LogP contribution < -0.4 is 16.6 Å². The van der Waals surface area contributed by atoms with E-state index in [0.29, 0.717) is 11.4 Å². The second-order valence-electron chi connectivity index (χ2n) is 3.75. The van der Waals surface area contributed by atoms with Crippen LogP contribution in [-0.4, -0.2) is 50.6 Å². The lowest BCUT2D eigenvalue weighted by Crippen LogP contribution is -2.49. The molecule has 0 aliphatic heterocycles. The van der Waals surface area contributed by atoms with E-state index in [4.69, 9.17) is 5.84 Å². The Labute approximate surface area is 98.5 Å². The van der Waals surface area contributed by atoms with Gasteiger partial charge in [-0.15, -0.1) is 0 Å². The van der Waals surface area contributed by atoms with Crippen molar-refractivity contribution in [2.45, 2.75) is 12.5 Å². The van der Waals surface area contributed by atoms with Crippen LogP contribution in [0.25, 0.3) is 0 Å². The fourth-order valence-corrected chi connectivity index (χ4v) is 1.16. The number of rotatable bonds is 6. The minimum absolute atomic E-state index is 0.195. The van der Waals surface area contributed by atoms with E-state index in [1.807, 2.05) is 0 Å². The van der Waals surface area contributed by atoms with Gasteiger partial charge in [0.1, 0.15) is 11.4 Å². The van der Waals surface area contributed by atoms with Gasteiger partial charge in [-0.1, -0.05) is 0 Å². The fourth-order valence-electron chi connectivity index (χ4n) is 1.16. The molecule has 96 valence electrons. The number of aryl methyl sites for hydroxylation is 1. The molecule has 0 bridgehead atoms. The van der Waals surface area contributed by atoms with Crippen molar-refractivity contribution in [3.05, 3.63) is 11.8 Å². The van der Waals surface area contributed by atoms with Crippen LogP contribution in [0.1, 0.15) is 5.56 Å². The largest absolute Gasteiger partial charge is 0.394 e. The molecule has 1 aromatic heterocycles. The summed E-state index contributed by atoms with van der Waals surface area (Å²) in [5.41, 5.74) is 1.75. The second-order valence-corrected chi connectivity index (χ2v) is 3.75. The van der Waals surface area contributed by atoms with Gasteiger partial charge in [0.2, 0.25) is 5.95 Å². The van der Waals surface area contributed by atoms with Gasteiger partial charge in [0.05, 0.1) is 19.8 Å². The molecule has 0 unspecified atom stereocenters. The maximum atomic E-state index is 9.19. The molecule has 1 aromatic rings. The molecule has 1 rings (SSSR count). The highest BCUT2D eigenvalue weighted by Crippen LogP contribution is 2.17. The lowest BCUT2D eigenvalue weighted by molar-refractivity contribution is 0.0830. The Morgan fingerprint density at radius 1 is 1.29 bits per heavy atom. The van der Waals surface area contributed by atoms with Crippen molar-refractivity contribution >= 4 is 11.8 Å². The zero-order valence-electron chi connectivity index (χ0n) is 9.51. The highest BCUT2D eigenvalue weighted by atomic mass is 16.3. The van der Waals surface area contributed by atoms with Crippen LogP contribution in [0.15, 0.2) is 6.20 Å². The van der Waals surface area contributed by atoms with Crippen molar-refractivity contribution in [2.24, 2.45) is 5.84 Å². The Morgan fingerprint density at radius 2 is 1.88 bits per heavy atom. The molecule has 0 amide bonds. The molecule has 0 aliphatic rings. The molecule has 1 heterocycles. The first-order valence-corrected chi connectivity index (χ1v) is 5.02. The Hall–Kier alpha value is -1.48. The monoisotopic (exact) mass is 243 g/mol. The number of aliphatic hydroxyl groups is 3. The Kier molecular flexibility index (Phi) is 4.58. The number of nitrogens with two attached hydrogens (primary N) is 1. The van der Waals surface area contributed by atoms with Gasteiger partial charge >= 0.3 is 0 Å². The van der Waals surface area contributed by atoms with Crippen LogP contribution in [0.4, 0.5) is 11.8 Å². The number of aromatic nitrogens is 2. The van der Waals surface area contributed by atoms with Crippen molar-refractivity contribution < 1.29 is 15.3 Å². The molecular weight excluding hydrogens is 226 g/mol. The van der Waals surface area contributed by atoms with E-state index in [1.165, 1.54) is 6.20 Å². The van der Waals surface area contributed by atoms with Crippen LogP contribution in [-0.2, 0) is 0 Å². The van der Waals surface area contributed by atoms with Crippen LogP contribution >= 0.6 is 0 Å². The summed E-state index contributed by atoms with van der Waals surface area (Å²) in [7, 11) is 0. The molecule has 0 fully saturated rings. The van der Waals surface area contributed by atoms with E-state index in [9.17, 15) is 15.3 Å². The number of hydrazine groups is 1. The molecule has 7 N–H and O–H groups in total. The molecule has 0 aromatic carbocycles. The Bertz CT molecular complexity index is 361. The summed E-state index contributed by atoms with van der Waals surface area (Å²) in [6, 6.07) is 0. The highest BCUT2D eigenvalue weighted by Gasteiger charge is 2.28. The van der Waals surface area contributed by atoms with Gasteiger partial charge in [-0.25, -0.2) is 10.8 Å². The molecule has 0 aliphatic carbocycles. The molecule has 0 saturated heterocycles. The third-order valence-electron chi connectivity index (χ3n) is 2.39. The predicted molar refractivity (Wildman–Crippen MR) is 62.2 cm³/mol. The first-order chi connectivity index (χ1) is 8.10. The van der Waals surface area contributed by atoms with Crippen LogP contribution in [0.2, 0.25) is 0 Å². The quantitative estimate of drug-likeness (QED) is 0.254. The Morgan fingerprint density at radius 3 is 2.35 bits per heavy atom.